The van der Waals surface area contributed by atoms with Crippen LogP contribution in [0.3, 0.4) is 0 Å². The van der Waals surface area contributed by atoms with Gasteiger partial charge in [-0.25, -0.2) is 8.78 Å². The van der Waals surface area contributed by atoms with Crippen molar-refractivity contribution >= 4 is 0 Å². The molecule has 0 heterocycles. The molecule has 1 rings (SSSR count). The zero-order valence-corrected chi connectivity index (χ0v) is 7.48. The summed E-state index contributed by atoms with van der Waals surface area (Å²) < 4.78 is 25.9. The lowest BCUT2D eigenvalue weighted by Crippen LogP contribution is -1.97. The Balaban J connectivity index is 2.97. The summed E-state index contributed by atoms with van der Waals surface area (Å²) in [7, 11) is 0. The van der Waals surface area contributed by atoms with E-state index in [0.717, 1.165) is 18.1 Å². The van der Waals surface area contributed by atoms with Gasteiger partial charge in [0.15, 0.2) is 0 Å². The largest absolute Gasteiger partial charge is 0.207 e. The Kier molecular flexibility index (Phi) is 3.18. The summed E-state index contributed by atoms with van der Waals surface area (Å²) in [6.07, 6.45) is 2.24. The number of halogens is 2. The molecular formula is C11H11F2. The maximum Gasteiger partial charge on any atom is 0.127 e. The minimum absolute atomic E-state index is 0.333. The first kappa shape index (κ1) is 9.90. The predicted octanol–water partition coefficient (Wildman–Crippen LogP) is 3.48. The number of hydrogen-bond acceptors (Lipinski definition) is 0. The van der Waals surface area contributed by atoms with Gasteiger partial charge in [0.25, 0.3) is 0 Å². The predicted molar refractivity (Wildman–Crippen MR) is 49.2 cm³/mol. The molecule has 1 aromatic carbocycles. The van der Waals surface area contributed by atoms with Crippen molar-refractivity contribution in [2.75, 3.05) is 0 Å². The number of rotatable bonds is 3. The van der Waals surface area contributed by atoms with Gasteiger partial charge in [0.05, 0.1) is 0 Å². The van der Waals surface area contributed by atoms with Crippen LogP contribution in [-0.2, 0) is 0 Å². The standard InChI is InChI=1S/C11H11F2/c1-3-4-8(2)10-7-9(12)5-6-11(10)13/h3,5-7H,1,4H2,2H3. The van der Waals surface area contributed by atoms with Gasteiger partial charge in [-0.2, -0.15) is 0 Å². The van der Waals surface area contributed by atoms with Crippen LogP contribution in [0.15, 0.2) is 30.9 Å². The first-order valence-electron chi connectivity index (χ1n) is 4.04. The van der Waals surface area contributed by atoms with Crippen LogP contribution < -0.4 is 0 Å². The van der Waals surface area contributed by atoms with Crippen LogP contribution in [0.25, 0.3) is 0 Å². The van der Waals surface area contributed by atoms with E-state index in [0.29, 0.717) is 12.0 Å². The fourth-order valence-electron chi connectivity index (χ4n) is 1.15. The van der Waals surface area contributed by atoms with Crippen LogP contribution in [0, 0.1) is 17.6 Å². The lowest BCUT2D eigenvalue weighted by atomic mass is 9.97. The first-order chi connectivity index (χ1) is 6.15. The minimum Gasteiger partial charge on any atom is -0.207 e. The SMILES string of the molecule is C=CC[C](C)c1cc(F)ccc1F. The molecular weight excluding hydrogens is 170 g/mol. The van der Waals surface area contributed by atoms with E-state index in [9.17, 15) is 8.78 Å². The molecule has 0 aliphatic heterocycles. The number of benzene rings is 1. The fourth-order valence-corrected chi connectivity index (χ4v) is 1.15. The Labute approximate surface area is 76.9 Å². The van der Waals surface area contributed by atoms with Crippen LogP contribution >= 0.6 is 0 Å². The highest BCUT2D eigenvalue weighted by atomic mass is 19.1. The molecule has 0 bridgehead atoms. The minimum atomic E-state index is -0.417. The monoisotopic (exact) mass is 181 g/mol. The number of allylic oxidation sites excluding steroid dienone is 1. The Morgan fingerprint density at radius 2 is 2.15 bits per heavy atom. The Morgan fingerprint density at radius 3 is 2.77 bits per heavy atom. The summed E-state index contributed by atoms with van der Waals surface area (Å²) in [5, 5.41) is 0. The van der Waals surface area contributed by atoms with Crippen LogP contribution in [0.5, 0.6) is 0 Å². The second-order valence-corrected chi connectivity index (χ2v) is 2.90. The molecule has 0 atom stereocenters. The van der Waals surface area contributed by atoms with Gasteiger partial charge in [0.1, 0.15) is 11.6 Å². The highest BCUT2D eigenvalue weighted by molar-refractivity contribution is 5.32. The van der Waals surface area contributed by atoms with E-state index in [4.69, 9.17) is 0 Å². The van der Waals surface area contributed by atoms with Crippen LogP contribution in [0.1, 0.15) is 18.9 Å². The van der Waals surface area contributed by atoms with Crippen molar-refractivity contribution in [1.29, 1.82) is 0 Å². The van der Waals surface area contributed by atoms with Gasteiger partial charge < -0.3 is 0 Å². The van der Waals surface area contributed by atoms with E-state index in [1.165, 1.54) is 6.07 Å². The topological polar surface area (TPSA) is 0 Å². The Morgan fingerprint density at radius 1 is 1.46 bits per heavy atom. The summed E-state index contributed by atoms with van der Waals surface area (Å²) in [5.74, 6) is -0.0208. The van der Waals surface area contributed by atoms with Gasteiger partial charge in [-0.1, -0.05) is 13.0 Å². The molecule has 13 heavy (non-hydrogen) atoms. The highest BCUT2D eigenvalue weighted by Gasteiger charge is 2.10. The maximum atomic E-state index is 13.1. The quantitative estimate of drug-likeness (QED) is 0.626. The molecule has 0 aliphatic carbocycles. The average Bonchev–Trinajstić information content (AvgIpc) is 2.09. The molecule has 0 fully saturated rings. The molecule has 0 saturated carbocycles. The van der Waals surface area contributed by atoms with Crippen molar-refractivity contribution in [3.8, 4) is 0 Å². The summed E-state index contributed by atoms with van der Waals surface area (Å²) in [6, 6.07) is 3.45. The molecule has 0 N–H and O–H groups in total. The maximum absolute atomic E-state index is 13.1. The van der Waals surface area contributed by atoms with E-state index < -0.39 is 5.82 Å². The van der Waals surface area contributed by atoms with Gasteiger partial charge >= 0.3 is 0 Å². The van der Waals surface area contributed by atoms with Gasteiger partial charge in [0, 0.05) is 5.92 Å². The third-order valence-electron chi connectivity index (χ3n) is 1.84. The second kappa shape index (κ2) is 4.17. The van der Waals surface area contributed by atoms with Gasteiger partial charge in [0.2, 0.25) is 0 Å². The Bertz CT molecular complexity index is 305. The van der Waals surface area contributed by atoms with E-state index in [2.05, 4.69) is 6.58 Å². The lowest BCUT2D eigenvalue weighted by Gasteiger charge is -2.09. The molecule has 0 spiro atoms. The summed E-state index contributed by atoms with van der Waals surface area (Å²) in [6.45, 7) is 5.30. The van der Waals surface area contributed by atoms with Crippen molar-refractivity contribution < 1.29 is 8.78 Å². The van der Waals surface area contributed by atoms with Gasteiger partial charge in [-0.05, 0) is 30.2 Å². The average molecular weight is 181 g/mol. The third-order valence-corrected chi connectivity index (χ3v) is 1.84. The third kappa shape index (κ3) is 2.38. The van der Waals surface area contributed by atoms with Crippen molar-refractivity contribution in [2.45, 2.75) is 13.3 Å². The van der Waals surface area contributed by atoms with E-state index in [-0.39, 0.29) is 5.82 Å². The molecule has 0 saturated heterocycles. The van der Waals surface area contributed by atoms with E-state index in [1.54, 1.807) is 13.0 Å². The van der Waals surface area contributed by atoms with Crippen LogP contribution in [-0.4, -0.2) is 0 Å². The smallest absolute Gasteiger partial charge is 0.127 e. The zero-order chi connectivity index (χ0) is 9.84. The summed E-state index contributed by atoms with van der Waals surface area (Å²) in [4.78, 5) is 0. The molecule has 1 aromatic rings. The second-order valence-electron chi connectivity index (χ2n) is 2.90. The highest BCUT2D eigenvalue weighted by Crippen LogP contribution is 2.21. The summed E-state index contributed by atoms with van der Waals surface area (Å²) in [5.41, 5.74) is 0.333. The van der Waals surface area contributed by atoms with Crippen LogP contribution in [0.2, 0.25) is 0 Å². The van der Waals surface area contributed by atoms with Crippen LogP contribution in [0.4, 0.5) is 8.78 Å². The van der Waals surface area contributed by atoms with Crippen molar-refractivity contribution in [3.05, 3.63) is 54.0 Å². The zero-order valence-electron chi connectivity index (χ0n) is 7.48. The molecule has 0 amide bonds. The molecule has 1 radical (unpaired) electrons. The van der Waals surface area contributed by atoms with Crippen molar-refractivity contribution in [2.24, 2.45) is 0 Å². The molecule has 0 unspecified atom stereocenters. The van der Waals surface area contributed by atoms with Gasteiger partial charge in [-0.3, -0.25) is 0 Å². The normalized spacial score (nSPS) is 10.5. The molecule has 2 heteroatoms. The summed E-state index contributed by atoms with van der Waals surface area (Å²) >= 11 is 0. The first-order valence-corrected chi connectivity index (χ1v) is 4.04. The fraction of sp³-hybridized carbons (Fsp3) is 0.182. The molecule has 0 aliphatic rings. The molecule has 0 aromatic heterocycles. The Hall–Kier alpha value is -1.18. The number of hydrogen-bond donors (Lipinski definition) is 0. The van der Waals surface area contributed by atoms with Crippen molar-refractivity contribution in [1.82, 2.24) is 0 Å². The van der Waals surface area contributed by atoms with Gasteiger partial charge in [-0.15, -0.1) is 6.58 Å². The van der Waals surface area contributed by atoms with Crippen molar-refractivity contribution in [3.63, 3.8) is 0 Å². The van der Waals surface area contributed by atoms with E-state index in [1.807, 2.05) is 0 Å². The molecule has 69 valence electrons. The molecule has 0 nitrogen and oxygen atoms in total. The van der Waals surface area contributed by atoms with E-state index >= 15 is 0 Å². The lowest BCUT2D eigenvalue weighted by molar-refractivity contribution is 0.588.